The molecule has 0 saturated carbocycles. The van der Waals surface area contributed by atoms with Crippen molar-refractivity contribution in [3.05, 3.63) is 24.3 Å². The fourth-order valence-electron chi connectivity index (χ4n) is 9.70. The van der Waals surface area contributed by atoms with E-state index in [9.17, 15) is 0 Å². The lowest BCUT2D eigenvalue weighted by atomic mass is 10.0. The average molecular weight is 840 g/mol. The summed E-state index contributed by atoms with van der Waals surface area (Å²) in [5.74, 6) is 0. The second-order valence-electron chi connectivity index (χ2n) is 20.1. The normalized spacial score (nSPS) is 12.0. The molecule has 0 unspecified atom stereocenters. The van der Waals surface area contributed by atoms with E-state index in [1.54, 1.807) is 0 Å². The topological polar surface area (TPSA) is 0 Å². The predicted molar refractivity (Wildman–Crippen MR) is 279 cm³/mol. The molecular formula is C60H118. The Labute approximate surface area is 383 Å². The van der Waals surface area contributed by atoms with Gasteiger partial charge in [0.25, 0.3) is 0 Å². The van der Waals surface area contributed by atoms with Gasteiger partial charge in [0.1, 0.15) is 0 Å². The van der Waals surface area contributed by atoms with Crippen molar-refractivity contribution in [2.45, 2.75) is 361 Å². The minimum atomic E-state index is 1.29. The number of rotatable bonds is 55. The van der Waals surface area contributed by atoms with Crippen molar-refractivity contribution < 1.29 is 0 Å². The Kier molecular flexibility index (Phi) is 58.0. The molecule has 0 saturated heterocycles. The van der Waals surface area contributed by atoms with Gasteiger partial charge in [-0.15, -0.1) is 0 Å². The Bertz CT molecular complexity index is 696. The Morgan fingerprint density at radius 1 is 0.133 bits per heavy atom. The Morgan fingerprint density at radius 3 is 0.300 bits per heavy atom. The molecule has 0 amide bonds. The Hall–Kier alpha value is -0.520. The summed E-state index contributed by atoms with van der Waals surface area (Å²) < 4.78 is 0. The molecule has 0 nitrogen and oxygen atoms in total. The molecule has 0 atom stereocenters. The summed E-state index contributed by atoms with van der Waals surface area (Å²) in [4.78, 5) is 0. The molecule has 0 aliphatic rings. The van der Waals surface area contributed by atoms with Crippen LogP contribution in [0.3, 0.4) is 0 Å². The third kappa shape index (κ3) is 57.5. The molecule has 0 aromatic heterocycles. The van der Waals surface area contributed by atoms with Crippen LogP contribution in [0.2, 0.25) is 0 Å². The first-order chi connectivity index (χ1) is 29.9. The first-order valence-corrected chi connectivity index (χ1v) is 29.1. The fraction of sp³-hybridized carbons (Fsp3) is 0.933. The van der Waals surface area contributed by atoms with Crippen molar-refractivity contribution in [3.63, 3.8) is 0 Å². The first-order valence-electron chi connectivity index (χ1n) is 29.1. The van der Waals surface area contributed by atoms with Crippen molar-refractivity contribution in [2.75, 3.05) is 0 Å². The number of unbranched alkanes of at least 4 members (excludes halogenated alkanes) is 53. The molecule has 0 aromatic rings. The first kappa shape index (κ1) is 59.5. The summed E-state index contributed by atoms with van der Waals surface area (Å²) in [6.45, 7) is 4.27. The van der Waals surface area contributed by atoms with E-state index in [0.717, 1.165) is 0 Å². The van der Waals surface area contributed by atoms with Crippen molar-refractivity contribution in [1.29, 1.82) is 0 Å². The van der Waals surface area contributed by atoms with Gasteiger partial charge in [0.2, 0.25) is 0 Å². The van der Waals surface area contributed by atoms with E-state index < -0.39 is 0 Å². The molecule has 0 heteroatoms. The average Bonchev–Trinajstić information content (AvgIpc) is 3.26. The van der Waals surface area contributed by atoms with Crippen molar-refractivity contribution in [1.82, 2.24) is 0 Å². The third-order valence-electron chi connectivity index (χ3n) is 14.0. The van der Waals surface area contributed by atoms with Crippen LogP contribution in [0.4, 0.5) is 0 Å². The van der Waals surface area contributed by atoms with Gasteiger partial charge in [0.15, 0.2) is 0 Å². The lowest BCUT2D eigenvalue weighted by Crippen LogP contribution is -1.85. The summed E-state index contributed by atoms with van der Waals surface area (Å²) in [6, 6.07) is 0. The molecule has 0 aliphatic carbocycles. The number of hydrogen-bond acceptors (Lipinski definition) is 0. The monoisotopic (exact) mass is 839 g/mol. The molecule has 0 radical (unpaired) electrons. The van der Waals surface area contributed by atoms with Crippen molar-refractivity contribution in [2.24, 2.45) is 0 Å². The van der Waals surface area contributed by atoms with Gasteiger partial charge in [-0.25, -0.2) is 0 Å². The van der Waals surface area contributed by atoms with Crippen LogP contribution in [0.5, 0.6) is 0 Å². The smallest absolute Gasteiger partial charge is 0.0351 e. The molecule has 0 aliphatic heterocycles. The molecule has 0 rings (SSSR count). The minimum absolute atomic E-state index is 1.29. The van der Waals surface area contributed by atoms with E-state index in [2.05, 4.69) is 38.2 Å². The second kappa shape index (κ2) is 58.5. The molecular weight excluding hydrogens is 721 g/mol. The number of hydrogen-bond donors (Lipinski definition) is 0. The van der Waals surface area contributed by atoms with Gasteiger partial charge in [-0.3, -0.25) is 0 Å². The van der Waals surface area contributed by atoms with E-state index in [4.69, 9.17) is 0 Å². The highest BCUT2D eigenvalue weighted by Crippen LogP contribution is 2.19. The number of allylic oxidation sites excluding steroid dienone is 4. The molecule has 0 spiro atoms. The van der Waals surface area contributed by atoms with Crippen LogP contribution < -0.4 is 0 Å². The molecule has 0 fully saturated rings. The predicted octanol–water partition coefficient (Wildman–Crippen LogP) is 23.2. The summed E-state index contributed by atoms with van der Waals surface area (Å²) in [7, 11) is 0. The lowest BCUT2D eigenvalue weighted by molar-refractivity contribution is 0.507. The second-order valence-corrected chi connectivity index (χ2v) is 20.1. The van der Waals surface area contributed by atoms with Crippen LogP contribution in [0.1, 0.15) is 361 Å². The molecule has 0 N–H and O–H groups in total. The maximum absolute atomic E-state index is 2.31. The van der Waals surface area contributed by atoms with Gasteiger partial charge in [0, 0.05) is 0 Å². The van der Waals surface area contributed by atoms with E-state index in [1.165, 1.54) is 347 Å². The summed E-state index contributed by atoms with van der Waals surface area (Å²) >= 11 is 0. The quantitative estimate of drug-likeness (QED) is 0.0423. The zero-order valence-electron chi connectivity index (χ0n) is 42.5. The highest BCUT2D eigenvalue weighted by atomic mass is 14.1. The molecule has 358 valence electrons. The summed E-state index contributed by atoms with van der Waals surface area (Å²) in [5, 5.41) is 0. The van der Waals surface area contributed by atoms with Crippen LogP contribution in [-0.2, 0) is 0 Å². The van der Waals surface area contributed by atoms with Crippen LogP contribution >= 0.6 is 0 Å². The highest BCUT2D eigenvalue weighted by Gasteiger charge is 1.99. The maximum atomic E-state index is 2.31. The van der Waals surface area contributed by atoms with E-state index in [1.807, 2.05) is 0 Å². The van der Waals surface area contributed by atoms with Crippen LogP contribution in [0.25, 0.3) is 0 Å². The summed E-state index contributed by atoms with van der Waals surface area (Å²) in [6.07, 6.45) is 88.7. The van der Waals surface area contributed by atoms with Gasteiger partial charge in [0.05, 0.1) is 0 Å². The summed E-state index contributed by atoms with van der Waals surface area (Å²) in [5.41, 5.74) is 0. The van der Waals surface area contributed by atoms with Gasteiger partial charge < -0.3 is 0 Å². The molecule has 0 heterocycles. The Morgan fingerprint density at radius 2 is 0.217 bits per heavy atom. The SMILES string of the molecule is CC=CCCCCCCCCCCCCCCCCCCCCCCCCCCCCCCCCCCCCCCCCCCCCCCCCCCCCCCC=CC. The fourth-order valence-corrected chi connectivity index (χ4v) is 9.70. The highest BCUT2D eigenvalue weighted by molar-refractivity contribution is 4.76. The van der Waals surface area contributed by atoms with Crippen molar-refractivity contribution in [3.8, 4) is 0 Å². The molecule has 60 heavy (non-hydrogen) atoms. The van der Waals surface area contributed by atoms with E-state index >= 15 is 0 Å². The van der Waals surface area contributed by atoms with Crippen LogP contribution in [0, 0.1) is 0 Å². The van der Waals surface area contributed by atoms with Gasteiger partial charge in [-0.05, 0) is 39.5 Å². The lowest BCUT2D eigenvalue weighted by Gasteiger charge is -2.05. The van der Waals surface area contributed by atoms with Crippen molar-refractivity contribution >= 4 is 0 Å². The van der Waals surface area contributed by atoms with E-state index in [0.29, 0.717) is 0 Å². The maximum Gasteiger partial charge on any atom is -0.0351 e. The minimum Gasteiger partial charge on any atom is -0.0917 e. The molecule has 0 aromatic carbocycles. The van der Waals surface area contributed by atoms with Gasteiger partial charge >= 0.3 is 0 Å². The van der Waals surface area contributed by atoms with Gasteiger partial charge in [-0.1, -0.05) is 345 Å². The van der Waals surface area contributed by atoms with Crippen LogP contribution in [0.15, 0.2) is 24.3 Å². The zero-order chi connectivity index (χ0) is 43.0. The van der Waals surface area contributed by atoms with Crippen LogP contribution in [-0.4, -0.2) is 0 Å². The van der Waals surface area contributed by atoms with E-state index in [-0.39, 0.29) is 0 Å². The third-order valence-corrected chi connectivity index (χ3v) is 14.0. The zero-order valence-corrected chi connectivity index (χ0v) is 42.5. The standard InChI is InChI=1S/C60H118/c1-3-5-7-9-11-13-15-17-19-21-23-25-27-29-31-33-35-37-39-41-43-45-47-49-51-53-55-57-59-60-58-56-54-52-50-48-46-44-42-40-38-36-34-32-30-28-26-24-22-20-18-16-14-12-10-8-6-4-2/h3-6H,7-60H2,1-2H3. The largest absolute Gasteiger partial charge is 0.0917 e. The van der Waals surface area contributed by atoms with Gasteiger partial charge in [-0.2, -0.15) is 0 Å². The molecule has 0 bridgehead atoms. The Balaban J connectivity index is 3.06.